The Morgan fingerprint density at radius 1 is 1.00 bits per heavy atom. The van der Waals surface area contributed by atoms with Crippen LogP contribution < -0.4 is 9.64 Å². The van der Waals surface area contributed by atoms with E-state index in [0.717, 1.165) is 61.7 Å². The number of allylic oxidation sites excluding steroid dienone is 1. The van der Waals surface area contributed by atoms with Gasteiger partial charge in [-0.15, -0.1) is 0 Å². The van der Waals surface area contributed by atoms with E-state index in [9.17, 15) is 9.18 Å². The van der Waals surface area contributed by atoms with Gasteiger partial charge in [-0.05, 0) is 72.2 Å². The van der Waals surface area contributed by atoms with Crippen molar-refractivity contribution in [3.63, 3.8) is 0 Å². The molecule has 1 N–H and O–H groups in total. The zero-order valence-electron chi connectivity index (χ0n) is 24.9. The van der Waals surface area contributed by atoms with Crippen LogP contribution in [0, 0.1) is 11.2 Å². The molecule has 0 radical (unpaired) electrons. The van der Waals surface area contributed by atoms with Gasteiger partial charge < -0.3 is 19.4 Å². The molecule has 2 aliphatic rings. The van der Waals surface area contributed by atoms with Crippen molar-refractivity contribution >= 4 is 39.7 Å². The number of ether oxygens (including phenoxy) is 2. The van der Waals surface area contributed by atoms with E-state index in [4.69, 9.17) is 21.1 Å². The summed E-state index contributed by atoms with van der Waals surface area (Å²) in [5.74, 6) is -0.721. The molecule has 0 atom stereocenters. The molecule has 6 rings (SSSR count). The Kier molecular flexibility index (Phi) is 8.21. The molecular weight excluding hydrogens is 565 g/mol. The molecule has 1 aliphatic heterocycles. The molecule has 1 aromatic heterocycles. The maximum Gasteiger partial charge on any atom is 0.341 e. The number of halogens is 2. The standard InChI is InChI=1S/C35H37ClFN3O3/c1-35(2)12-10-25(29(21-35)23-4-6-26(36)7-5-23)22-39-14-16-40(17-15-39)27-8-9-28(34(41)42-3)32(19-27)43-33-18-24-11-13-38-31(24)20-30(33)37/h4-9,11,13,18-20,38H,10,12,14-17,21-22H2,1-3H3. The number of nitrogens with zero attached hydrogens (tertiary/aromatic N) is 2. The summed E-state index contributed by atoms with van der Waals surface area (Å²) in [6.07, 6.45) is 5.10. The van der Waals surface area contributed by atoms with Gasteiger partial charge in [-0.3, -0.25) is 4.90 Å². The molecule has 1 saturated heterocycles. The summed E-state index contributed by atoms with van der Waals surface area (Å²) >= 11 is 6.19. The minimum atomic E-state index is -0.532. The van der Waals surface area contributed by atoms with E-state index in [-0.39, 0.29) is 22.5 Å². The van der Waals surface area contributed by atoms with Crippen molar-refractivity contribution in [1.82, 2.24) is 9.88 Å². The highest BCUT2D eigenvalue weighted by Gasteiger charge is 2.29. The lowest BCUT2D eigenvalue weighted by molar-refractivity contribution is 0.0598. The van der Waals surface area contributed by atoms with Crippen molar-refractivity contribution in [1.29, 1.82) is 0 Å². The second-order valence-electron chi connectivity index (χ2n) is 12.3. The Hall–Kier alpha value is -3.81. The molecule has 224 valence electrons. The van der Waals surface area contributed by atoms with Crippen molar-refractivity contribution in [3.8, 4) is 11.5 Å². The van der Waals surface area contributed by atoms with Gasteiger partial charge in [0, 0.05) is 72.7 Å². The average molecular weight is 602 g/mol. The number of rotatable bonds is 7. The average Bonchev–Trinajstić information content (AvgIpc) is 3.45. The van der Waals surface area contributed by atoms with Crippen molar-refractivity contribution in [2.24, 2.45) is 5.41 Å². The van der Waals surface area contributed by atoms with Crippen LogP contribution in [0.4, 0.5) is 10.1 Å². The van der Waals surface area contributed by atoms with Gasteiger partial charge in [0.25, 0.3) is 0 Å². The number of nitrogens with one attached hydrogen (secondary N) is 1. The van der Waals surface area contributed by atoms with Gasteiger partial charge >= 0.3 is 5.97 Å². The van der Waals surface area contributed by atoms with E-state index in [1.165, 1.54) is 36.3 Å². The van der Waals surface area contributed by atoms with E-state index >= 15 is 0 Å². The Labute approximate surface area is 257 Å². The lowest BCUT2D eigenvalue weighted by atomic mass is 9.72. The number of carbonyl (C=O) groups is 1. The van der Waals surface area contributed by atoms with Gasteiger partial charge in [0.1, 0.15) is 11.3 Å². The van der Waals surface area contributed by atoms with Crippen molar-refractivity contribution in [2.45, 2.75) is 33.1 Å². The first-order chi connectivity index (χ1) is 20.7. The van der Waals surface area contributed by atoms with Crippen molar-refractivity contribution in [2.75, 3.05) is 44.7 Å². The summed E-state index contributed by atoms with van der Waals surface area (Å²) < 4.78 is 25.9. The minimum Gasteiger partial charge on any atom is -0.465 e. The van der Waals surface area contributed by atoms with Crippen LogP contribution in [-0.4, -0.2) is 55.7 Å². The summed E-state index contributed by atoms with van der Waals surface area (Å²) in [5.41, 5.74) is 6.39. The van der Waals surface area contributed by atoms with Gasteiger partial charge in [-0.25, -0.2) is 9.18 Å². The van der Waals surface area contributed by atoms with E-state index in [0.29, 0.717) is 5.52 Å². The Bertz CT molecular complexity index is 1670. The molecule has 1 fully saturated rings. The quantitative estimate of drug-likeness (QED) is 0.216. The smallest absolute Gasteiger partial charge is 0.341 e. The first-order valence-corrected chi connectivity index (χ1v) is 15.2. The number of carbonyl (C=O) groups excluding carboxylic acids is 1. The number of benzene rings is 3. The van der Waals surface area contributed by atoms with Crippen LogP contribution in [0.15, 0.2) is 72.4 Å². The zero-order valence-corrected chi connectivity index (χ0v) is 25.6. The number of anilines is 1. The fraction of sp³-hybridized carbons (Fsp3) is 0.343. The molecule has 8 heteroatoms. The van der Waals surface area contributed by atoms with Crippen LogP contribution in [0.25, 0.3) is 16.5 Å². The Morgan fingerprint density at radius 3 is 2.51 bits per heavy atom. The zero-order chi connectivity index (χ0) is 30.1. The number of aromatic amines is 1. The predicted molar refractivity (Wildman–Crippen MR) is 171 cm³/mol. The summed E-state index contributed by atoms with van der Waals surface area (Å²) in [5, 5.41) is 1.58. The van der Waals surface area contributed by atoms with Gasteiger partial charge in [-0.1, -0.05) is 43.2 Å². The number of H-pyrrole nitrogens is 1. The third kappa shape index (κ3) is 6.43. The van der Waals surface area contributed by atoms with Crippen LogP contribution in [-0.2, 0) is 4.74 Å². The monoisotopic (exact) mass is 601 g/mol. The molecule has 0 amide bonds. The fourth-order valence-electron chi connectivity index (χ4n) is 6.22. The Balaban J connectivity index is 1.19. The molecule has 0 bridgehead atoms. The van der Waals surface area contributed by atoms with E-state index in [2.05, 4.69) is 40.8 Å². The normalized spacial score (nSPS) is 17.4. The first kappa shape index (κ1) is 29.3. The summed E-state index contributed by atoms with van der Waals surface area (Å²) in [4.78, 5) is 20.4. The van der Waals surface area contributed by atoms with Gasteiger partial charge in [0.05, 0.1) is 7.11 Å². The third-order valence-electron chi connectivity index (χ3n) is 8.73. The molecule has 6 nitrogen and oxygen atoms in total. The van der Waals surface area contributed by atoms with E-state index in [1.807, 2.05) is 30.3 Å². The van der Waals surface area contributed by atoms with Crippen LogP contribution in [0.3, 0.4) is 0 Å². The van der Waals surface area contributed by atoms with Crippen LogP contribution >= 0.6 is 11.6 Å². The van der Waals surface area contributed by atoms with Gasteiger partial charge in [0.15, 0.2) is 11.6 Å². The van der Waals surface area contributed by atoms with Gasteiger partial charge in [-0.2, -0.15) is 0 Å². The molecule has 1 aliphatic carbocycles. The van der Waals surface area contributed by atoms with Crippen molar-refractivity contribution < 1.29 is 18.7 Å². The largest absolute Gasteiger partial charge is 0.465 e. The number of esters is 1. The Morgan fingerprint density at radius 2 is 1.77 bits per heavy atom. The molecular formula is C35H37ClFN3O3. The number of hydrogen-bond donors (Lipinski definition) is 1. The maximum absolute atomic E-state index is 14.9. The highest BCUT2D eigenvalue weighted by molar-refractivity contribution is 6.30. The minimum absolute atomic E-state index is 0.0552. The molecule has 43 heavy (non-hydrogen) atoms. The maximum atomic E-state index is 14.9. The third-order valence-corrected chi connectivity index (χ3v) is 8.98. The van der Waals surface area contributed by atoms with Crippen LogP contribution in [0.5, 0.6) is 11.5 Å². The molecule has 0 spiro atoms. The lowest BCUT2D eigenvalue weighted by Gasteiger charge is -2.39. The summed E-state index contributed by atoms with van der Waals surface area (Å²) in [6, 6.07) is 18.6. The number of fused-ring (bicyclic) bond motifs is 1. The second-order valence-corrected chi connectivity index (χ2v) is 12.8. The number of methoxy groups -OCH3 is 1. The summed E-state index contributed by atoms with van der Waals surface area (Å²) in [7, 11) is 1.33. The fourth-order valence-corrected chi connectivity index (χ4v) is 6.34. The lowest BCUT2D eigenvalue weighted by Crippen LogP contribution is -2.47. The van der Waals surface area contributed by atoms with E-state index < -0.39 is 11.8 Å². The molecule has 0 saturated carbocycles. The highest BCUT2D eigenvalue weighted by Crippen LogP contribution is 2.43. The second kappa shape index (κ2) is 12.1. The molecule has 3 aromatic carbocycles. The number of hydrogen-bond acceptors (Lipinski definition) is 5. The van der Waals surface area contributed by atoms with Crippen LogP contribution in [0.2, 0.25) is 5.02 Å². The highest BCUT2D eigenvalue weighted by atomic mass is 35.5. The topological polar surface area (TPSA) is 57.8 Å². The predicted octanol–water partition coefficient (Wildman–Crippen LogP) is 8.33. The summed E-state index contributed by atoms with van der Waals surface area (Å²) in [6.45, 7) is 9.15. The molecule has 4 aromatic rings. The van der Waals surface area contributed by atoms with Gasteiger partial charge in [0.2, 0.25) is 0 Å². The van der Waals surface area contributed by atoms with E-state index in [1.54, 1.807) is 18.3 Å². The molecule has 0 unspecified atom stereocenters. The SMILES string of the molecule is COC(=O)c1ccc(N2CCN(CC3=C(c4ccc(Cl)cc4)CC(C)(C)CC3)CC2)cc1Oc1cc2cc[nH]c2cc1F. The van der Waals surface area contributed by atoms with Crippen molar-refractivity contribution in [3.05, 3.63) is 94.4 Å². The van der Waals surface area contributed by atoms with Crippen LogP contribution in [0.1, 0.15) is 49.0 Å². The first-order valence-electron chi connectivity index (χ1n) is 14.8. The number of aromatic nitrogens is 1. The number of piperazine rings is 1. The molecule has 2 heterocycles.